The van der Waals surface area contributed by atoms with E-state index in [2.05, 4.69) is 15.8 Å². The van der Waals surface area contributed by atoms with Gasteiger partial charge in [0.05, 0.1) is 24.3 Å². The lowest BCUT2D eigenvalue weighted by Gasteiger charge is -2.08. The molecule has 0 spiro atoms. The van der Waals surface area contributed by atoms with E-state index in [9.17, 15) is 24.8 Å². The molecule has 10 nitrogen and oxygen atoms in total. The van der Waals surface area contributed by atoms with Gasteiger partial charge in [-0.1, -0.05) is 18.2 Å². The topological polar surface area (TPSA) is 143 Å². The number of non-ortho nitro benzene ring substituents is 1. The van der Waals surface area contributed by atoms with E-state index in [0.29, 0.717) is 11.3 Å². The molecule has 0 aliphatic rings. The number of nitrogens with zero attached hydrogens (tertiary/aromatic N) is 2. The van der Waals surface area contributed by atoms with Crippen LogP contribution in [-0.4, -0.2) is 35.2 Å². The number of nitro groups is 1. The number of carbonyl (C=O) groups excluding carboxylic acids is 2. The highest BCUT2D eigenvalue weighted by Crippen LogP contribution is 2.33. The zero-order chi connectivity index (χ0) is 24.0. The molecule has 0 unspecified atom stereocenters. The molecule has 10 heteroatoms. The summed E-state index contributed by atoms with van der Waals surface area (Å²) in [5.41, 5.74) is 4.14. The Morgan fingerprint density at radius 3 is 2.42 bits per heavy atom. The van der Waals surface area contributed by atoms with Crippen LogP contribution < -0.4 is 15.5 Å². The quantitative estimate of drug-likeness (QED) is 0.286. The molecule has 0 saturated carbocycles. The molecule has 0 aliphatic heterocycles. The Kier molecular flexibility index (Phi) is 6.99. The molecule has 0 aromatic heterocycles. The number of nitro benzene ring substituents is 1. The monoisotopic (exact) mass is 448 g/mol. The largest absolute Gasteiger partial charge is 0.504 e. The van der Waals surface area contributed by atoms with Crippen molar-refractivity contribution in [3.8, 4) is 11.5 Å². The maximum atomic E-state index is 12.4. The first kappa shape index (κ1) is 22.9. The van der Waals surface area contributed by atoms with Crippen LogP contribution in [0.3, 0.4) is 0 Å². The van der Waals surface area contributed by atoms with Crippen LogP contribution in [0.25, 0.3) is 0 Å². The predicted molar refractivity (Wildman–Crippen MR) is 122 cm³/mol. The minimum absolute atomic E-state index is 0.00406. The average Bonchev–Trinajstić information content (AvgIpc) is 2.80. The Labute approximate surface area is 188 Å². The molecule has 0 radical (unpaired) electrons. The van der Waals surface area contributed by atoms with Gasteiger partial charge in [-0.25, -0.2) is 5.43 Å². The van der Waals surface area contributed by atoms with Crippen molar-refractivity contribution in [3.05, 3.63) is 93.0 Å². The fraction of sp³-hybridized carbons (Fsp3) is 0.0870. The number of phenols is 1. The number of methoxy groups -OCH3 is 1. The van der Waals surface area contributed by atoms with Crippen LogP contribution in [0.4, 0.5) is 11.4 Å². The summed E-state index contributed by atoms with van der Waals surface area (Å²) in [5.74, 6) is -1.27. The van der Waals surface area contributed by atoms with Crippen LogP contribution in [0.1, 0.15) is 31.8 Å². The van der Waals surface area contributed by atoms with Gasteiger partial charge in [0.2, 0.25) is 0 Å². The SMILES string of the molecule is COc1cc([N+](=O)[O-])cc(C=NNC(=O)c2ccc(NC(=O)c3ccccc3C)cc2)c1O. The Hall–Kier alpha value is -4.73. The van der Waals surface area contributed by atoms with Crippen molar-refractivity contribution in [1.82, 2.24) is 5.43 Å². The van der Waals surface area contributed by atoms with Crippen LogP contribution in [-0.2, 0) is 0 Å². The number of ether oxygens (including phenoxy) is 1. The van der Waals surface area contributed by atoms with Crippen molar-refractivity contribution in [2.24, 2.45) is 5.10 Å². The van der Waals surface area contributed by atoms with E-state index in [1.165, 1.54) is 19.2 Å². The summed E-state index contributed by atoms with van der Waals surface area (Å²) in [6.45, 7) is 1.84. The minimum Gasteiger partial charge on any atom is -0.504 e. The van der Waals surface area contributed by atoms with Crippen molar-refractivity contribution >= 4 is 29.4 Å². The highest BCUT2D eigenvalue weighted by atomic mass is 16.6. The summed E-state index contributed by atoms with van der Waals surface area (Å²) >= 11 is 0. The molecular formula is C23H20N4O6. The molecule has 168 valence electrons. The third kappa shape index (κ3) is 5.50. The standard InChI is InChI=1S/C23H20N4O6/c1-14-5-3-4-6-19(14)23(30)25-17-9-7-15(8-10-17)22(29)26-24-13-16-11-18(27(31)32)12-20(33-2)21(16)28/h3-13,28H,1-2H3,(H,25,30)(H,26,29). The summed E-state index contributed by atoms with van der Waals surface area (Å²) in [6.07, 6.45) is 1.07. The molecule has 3 rings (SSSR count). The van der Waals surface area contributed by atoms with Gasteiger partial charge in [-0.15, -0.1) is 0 Å². The summed E-state index contributed by atoms with van der Waals surface area (Å²) in [6, 6.07) is 15.5. The predicted octanol–water partition coefficient (Wildman–Crippen LogP) is 3.63. The molecule has 0 fully saturated rings. The number of hydrogen-bond donors (Lipinski definition) is 3. The lowest BCUT2D eigenvalue weighted by Crippen LogP contribution is -2.18. The van der Waals surface area contributed by atoms with E-state index in [1.807, 2.05) is 19.1 Å². The van der Waals surface area contributed by atoms with Gasteiger partial charge in [-0.05, 0) is 42.8 Å². The zero-order valence-corrected chi connectivity index (χ0v) is 17.7. The number of aryl methyl sites for hydroxylation is 1. The number of rotatable bonds is 7. The Morgan fingerprint density at radius 1 is 1.09 bits per heavy atom. The van der Waals surface area contributed by atoms with Crippen molar-refractivity contribution in [3.63, 3.8) is 0 Å². The molecule has 33 heavy (non-hydrogen) atoms. The molecule has 3 N–H and O–H groups in total. The zero-order valence-electron chi connectivity index (χ0n) is 17.7. The second-order valence-electron chi connectivity index (χ2n) is 6.89. The van der Waals surface area contributed by atoms with E-state index in [0.717, 1.165) is 23.9 Å². The van der Waals surface area contributed by atoms with Crippen molar-refractivity contribution in [2.75, 3.05) is 12.4 Å². The fourth-order valence-corrected chi connectivity index (χ4v) is 2.93. The van der Waals surface area contributed by atoms with Crippen LogP contribution in [0, 0.1) is 17.0 Å². The van der Waals surface area contributed by atoms with Crippen LogP contribution in [0.2, 0.25) is 0 Å². The first-order chi connectivity index (χ1) is 15.8. The van der Waals surface area contributed by atoms with Crippen molar-refractivity contribution < 1.29 is 24.4 Å². The number of anilines is 1. The van der Waals surface area contributed by atoms with Crippen LogP contribution >= 0.6 is 0 Å². The smallest absolute Gasteiger partial charge is 0.274 e. The number of carbonyl (C=O) groups is 2. The molecule has 3 aromatic rings. The first-order valence-electron chi connectivity index (χ1n) is 9.66. The molecule has 0 heterocycles. The van der Waals surface area contributed by atoms with Gasteiger partial charge >= 0.3 is 0 Å². The lowest BCUT2D eigenvalue weighted by molar-refractivity contribution is -0.385. The summed E-state index contributed by atoms with van der Waals surface area (Å²) in [5, 5.41) is 27.6. The number of hydrazone groups is 1. The summed E-state index contributed by atoms with van der Waals surface area (Å²) in [4.78, 5) is 35.1. The highest BCUT2D eigenvalue weighted by molar-refractivity contribution is 6.05. The number of aromatic hydroxyl groups is 1. The van der Waals surface area contributed by atoms with Gasteiger partial charge < -0.3 is 15.2 Å². The van der Waals surface area contributed by atoms with E-state index in [-0.39, 0.29) is 34.2 Å². The van der Waals surface area contributed by atoms with Crippen molar-refractivity contribution in [2.45, 2.75) is 6.92 Å². The number of phenolic OH excluding ortho intramolecular Hbond substituents is 1. The second kappa shape index (κ2) is 10.1. The van der Waals surface area contributed by atoms with E-state index in [4.69, 9.17) is 4.74 Å². The van der Waals surface area contributed by atoms with Gasteiger partial charge in [0.15, 0.2) is 11.5 Å². The van der Waals surface area contributed by atoms with Gasteiger partial charge in [-0.3, -0.25) is 19.7 Å². The Bertz CT molecular complexity index is 1240. The molecule has 0 bridgehead atoms. The molecule has 0 atom stereocenters. The molecule has 2 amide bonds. The second-order valence-corrected chi connectivity index (χ2v) is 6.89. The first-order valence-corrected chi connectivity index (χ1v) is 9.66. The maximum absolute atomic E-state index is 12.4. The number of benzene rings is 3. The van der Waals surface area contributed by atoms with Crippen LogP contribution in [0.15, 0.2) is 65.8 Å². The molecule has 3 aromatic carbocycles. The Balaban J connectivity index is 1.66. The van der Waals surface area contributed by atoms with Crippen molar-refractivity contribution in [1.29, 1.82) is 0 Å². The molecule has 0 saturated heterocycles. The lowest BCUT2D eigenvalue weighted by atomic mass is 10.1. The summed E-state index contributed by atoms with van der Waals surface area (Å²) in [7, 11) is 1.26. The van der Waals surface area contributed by atoms with Crippen LogP contribution in [0.5, 0.6) is 11.5 Å². The maximum Gasteiger partial charge on any atom is 0.274 e. The number of nitrogens with one attached hydrogen (secondary N) is 2. The third-order valence-corrected chi connectivity index (χ3v) is 4.68. The summed E-state index contributed by atoms with van der Waals surface area (Å²) < 4.78 is 4.91. The fourth-order valence-electron chi connectivity index (χ4n) is 2.93. The highest BCUT2D eigenvalue weighted by Gasteiger charge is 2.16. The third-order valence-electron chi connectivity index (χ3n) is 4.68. The van der Waals surface area contributed by atoms with Gasteiger partial charge in [-0.2, -0.15) is 5.10 Å². The van der Waals surface area contributed by atoms with E-state index >= 15 is 0 Å². The van der Waals surface area contributed by atoms with E-state index < -0.39 is 10.8 Å². The molecule has 0 aliphatic carbocycles. The number of hydrogen-bond acceptors (Lipinski definition) is 7. The normalized spacial score (nSPS) is 10.6. The van der Waals surface area contributed by atoms with Gasteiger partial charge in [0, 0.05) is 28.4 Å². The molecular weight excluding hydrogens is 428 g/mol. The number of amides is 2. The van der Waals surface area contributed by atoms with Gasteiger partial charge in [0.25, 0.3) is 17.5 Å². The Morgan fingerprint density at radius 2 is 1.79 bits per heavy atom. The minimum atomic E-state index is -0.642. The van der Waals surface area contributed by atoms with E-state index in [1.54, 1.807) is 24.3 Å². The average molecular weight is 448 g/mol. The van der Waals surface area contributed by atoms with Gasteiger partial charge in [0.1, 0.15) is 0 Å².